The molecule has 0 atom stereocenters. The molecule has 0 bridgehead atoms. The molecule has 3 nitrogen and oxygen atoms in total. The first kappa shape index (κ1) is 30.9. The van der Waals surface area contributed by atoms with Crippen LogP contribution in [0.15, 0.2) is 176 Å². The number of benzene rings is 7. The van der Waals surface area contributed by atoms with E-state index in [0.717, 1.165) is 34.2 Å². The summed E-state index contributed by atoms with van der Waals surface area (Å²) in [7, 11) is 0. The number of hydrogen-bond acceptors (Lipinski definition) is 3. The predicted octanol–water partition coefficient (Wildman–Crippen LogP) is 12.1. The number of aromatic nitrogens is 3. The first-order valence-corrected chi connectivity index (χ1v) is 16.7. The molecule has 0 saturated heterocycles. The maximum atomic E-state index is 5.04. The lowest BCUT2D eigenvalue weighted by molar-refractivity contribution is 1.07. The molecular formula is C47H35N3. The quantitative estimate of drug-likeness (QED) is 0.181. The fourth-order valence-corrected chi connectivity index (χ4v) is 7.01. The summed E-state index contributed by atoms with van der Waals surface area (Å²) in [4.78, 5) is 15.0. The molecule has 0 unspecified atom stereocenters. The van der Waals surface area contributed by atoms with Crippen LogP contribution in [0.1, 0.15) is 18.6 Å². The Morgan fingerprint density at radius 2 is 0.640 bits per heavy atom. The number of nitrogens with zero attached hydrogens (tertiary/aromatic N) is 3. The van der Waals surface area contributed by atoms with Gasteiger partial charge in [-0.3, -0.25) is 0 Å². The molecule has 0 saturated carbocycles. The number of rotatable bonds is 6. The van der Waals surface area contributed by atoms with Crippen molar-refractivity contribution >= 4 is 0 Å². The maximum Gasteiger partial charge on any atom is 0.164 e. The molecule has 1 aromatic heterocycles. The van der Waals surface area contributed by atoms with Gasteiger partial charge in [0.2, 0.25) is 0 Å². The first-order valence-electron chi connectivity index (χ1n) is 16.7. The average Bonchev–Trinajstić information content (AvgIpc) is 3.58. The minimum absolute atomic E-state index is 0. The Labute approximate surface area is 293 Å². The second-order valence-corrected chi connectivity index (χ2v) is 12.4. The molecule has 1 aliphatic carbocycles. The lowest BCUT2D eigenvalue weighted by Crippen LogP contribution is -2.00. The molecule has 238 valence electrons. The van der Waals surface area contributed by atoms with E-state index in [1.54, 1.807) is 0 Å². The van der Waals surface area contributed by atoms with Crippen molar-refractivity contribution in [2.75, 3.05) is 0 Å². The summed E-state index contributed by atoms with van der Waals surface area (Å²) in [5.74, 6) is 1.96. The summed E-state index contributed by atoms with van der Waals surface area (Å²) in [5.41, 5.74) is 15.6. The van der Waals surface area contributed by atoms with Crippen LogP contribution in [0.2, 0.25) is 0 Å². The van der Waals surface area contributed by atoms with E-state index in [0.29, 0.717) is 17.5 Å². The summed E-state index contributed by atoms with van der Waals surface area (Å²) in [6.45, 7) is 0. The lowest BCUT2D eigenvalue weighted by Gasteiger charge is -2.11. The lowest BCUT2D eigenvalue weighted by atomic mass is 9.95. The van der Waals surface area contributed by atoms with E-state index in [1.165, 1.54) is 44.5 Å². The number of hydrogen-bond donors (Lipinski definition) is 0. The van der Waals surface area contributed by atoms with Crippen molar-refractivity contribution in [3.63, 3.8) is 0 Å². The van der Waals surface area contributed by atoms with Crippen LogP contribution in [-0.2, 0) is 6.42 Å². The molecule has 1 aliphatic rings. The summed E-state index contributed by atoms with van der Waals surface area (Å²) < 4.78 is 0. The molecule has 9 rings (SSSR count). The van der Waals surface area contributed by atoms with Gasteiger partial charge in [0.05, 0.1) is 0 Å². The first-order chi connectivity index (χ1) is 24.3. The van der Waals surface area contributed by atoms with E-state index in [2.05, 4.69) is 140 Å². The molecule has 0 aliphatic heterocycles. The Morgan fingerprint density at radius 1 is 0.280 bits per heavy atom. The van der Waals surface area contributed by atoms with Crippen LogP contribution in [0, 0.1) is 0 Å². The van der Waals surface area contributed by atoms with Gasteiger partial charge in [-0.25, -0.2) is 15.0 Å². The van der Waals surface area contributed by atoms with Crippen LogP contribution in [0.3, 0.4) is 0 Å². The fourth-order valence-electron chi connectivity index (χ4n) is 7.01. The van der Waals surface area contributed by atoms with E-state index >= 15 is 0 Å². The van der Waals surface area contributed by atoms with Gasteiger partial charge in [0.1, 0.15) is 0 Å². The van der Waals surface area contributed by atoms with Crippen molar-refractivity contribution in [3.8, 4) is 78.7 Å². The van der Waals surface area contributed by atoms with E-state index in [-0.39, 0.29) is 7.43 Å². The maximum absolute atomic E-state index is 5.04. The zero-order valence-corrected chi connectivity index (χ0v) is 26.8. The Balaban J connectivity index is 0.00000361. The third-order valence-electron chi connectivity index (χ3n) is 9.43. The van der Waals surface area contributed by atoms with E-state index in [1.807, 2.05) is 36.4 Å². The van der Waals surface area contributed by atoms with Gasteiger partial charge in [-0.1, -0.05) is 177 Å². The van der Waals surface area contributed by atoms with E-state index in [9.17, 15) is 0 Å². The van der Waals surface area contributed by atoms with Crippen LogP contribution in [0.4, 0.5) is 0 Å². The standard InChI is InChI=1S/C46H31N3.CH4/c1-4-13-31(14-5-1)36-19-10-20-37(29-36)46-48-44(34-17-8-3-9-18-34)47-45(49-46)35-27-25-33(26-28-35)39-22-12-24-41-40-23-11-21-38(42(40)30-43(39)41)32-15-6-2-7-16-32;/h1-29H,30H2;1H4. The van der Waals surface area contributed by atoms with Crippen LogP contribution < -0.4 is 0 Å². The molecule has 0 amide bonds. The monoisotopic (exact) mass is 641 g/mol. The molecule has 0 radical (unpaired) electrons. The molecule has 1 heterocycles. The molecular weight excluding hydrogens is 607 g/mol. The van der Waals surface area contributed by atoms with Crippen LogP contribution in [0.5, 0.6) is 0 Å². The molecule has 0 fully saturated rings. The Kier molecular flexibility index (Phi) is 8.16. The molecule has 7 aromatic carbocycles. The molecule has 0 spiro atoms. The Bertz CT molecular complexity index is 2440. The highest BCUT2D eigenvalue weighted by Crippen LogP contribution is 2.45. The van der Waals surface area contributed by atoms with Crippen molar-refractivity contribution in [2.45, 2.75) is 13.8 Å². The summed E-state index contributed by atoms with van der Waals surface area (Å²) in [6.07, 6.45) is 0.910. The third kappa shape index (κ3) is 5.69. The van der Waals surface area contributed by atoms with E-state index in [4.69, 9.17) is 15.0 Å². The fraction of sp³-hybridized carbons (Fsp3) is 0.0426. The Hall–Kier alpha value is -6.45. The van der Waals surface area contributed by atoms with Gasteiger partial charge in [0.15, 0.2) is 17.5 Å². The van der Waals surface area contributed by atoms with Gasteiger partial charge in [0, 0.05) is 16.7 Å². The number of fused-ring (bicyclic) bond motifs is 3. The predicted molar refractivity (Wildman–Crippen MR) is 207 cm³/mol. The van der Waals surface area contributed by atoms with Crippen molar-refractivity contribution in [2.24, 2.45) is 0 Å². The molecule has 3 heteroatoms. The van der Waals surface area contributed by atoms with Crippen LogP contribution in [0.25, 0.3) is 78.7 Å². The summed E-state index contributed by atoms with van der Waals surface area (Å²) in [6, 6.07) is 61.7. The van der Waals surface area contributed by atoms with Gasteiger partial charge in [-0.2, -0.15) is 0 Å². The van der Waals surface area contributed by atoms with Gasteiger partial charge < -0.3 is 0 Å². The second-order valence-electron chi connectivity index (χ2n) is 12.4. The van der Waals surface area contributed by atoms with Crippen molar-refractivity contribution in [1.82, 2.24) is 15.0 Å². The van der Waals surface area contributed by atoms with Gasteiger partial charge >= 0.3 is 0 Å². The third-order valence-corrected chi connectivity index (χ3v) is 9.43. The minimum Gasteiger partial charge on any atom is -0.208 e. The van der Waals surface area contributed by atoms with Gasteiger partial charge in [0.25, 0.3) is 0 Å². The molecule has 8 aromatic rings. The minimum atomic E-state index is 0. The summed E-state index contributed by atoms with van der Waals surface area (Å²) >= 11 is 0. The normalized spacial score (nSPS) is 11.4. The van der Waals surface area contributed by atoms with Crippen LogP contribution in [-0.4, -0.2) is 15.0 Å². The zero-order chi connectivity index (χ0) is 32.6. The Morgan fingerprint density at radius 3 is 1.20 bits per heavy atom. The highest BCUT2D eigenvalue weighted by Gasteiger charge is 2.24. The SMILES string of the molecule is C.c1ccc(-c2cccc(-c3nc(-c4ccccc4)nc(-c4ccc(-c5cccc6c5Cc5c(-c7ccccc7)cccc5-6)cc4)n3)c2)cc1. The van der Waals surface area contributed by atoms with Crippen molar-refractivity contribution < 1.29 is 0 Å². The smallest absolute Gasteiger partial charge is 0.164 e. The highest BCUT2D eigenvalue weighted by molar-refractivity contribution is 5.89. The highest BCUT2D eigenvalue weighted by atomic mass is 15.0. The van der Waals surface area contributed by atoms with Crippen molar-refractivity contribution in [3.05, 3.63) is 187 Å². The largest absolute Gasteiger partial charge is 0.208 e. The van der Waals surface area contributed by atoms with Gasteiger partial charge in [-0.15, -0.1) is 0 Å². The van der Waals surface area contributed by atoms with E-state index < -0.39 is 0 Å². The topological polar surface area (TPSA) is 38.7 Å². The summed E-state index contributed by atoms with van der Waals surface area (Å²) in [5, 5.41) is 0. The zero-order valence-electron chi connectivity index (χ0n) is 26.8. The second kappa shape index (κ2) is 13.2. The van der Waals surface area contributed by atoms with Crippen LogP contribution >= 0.6 is 0 Å². The van der Waals surface area contributed by atoms with Crippen molar-refractivity contribution in [1.29, 1.82) is 0 Å². The molecule has 50 heavy (non-hydrogen) atoms. The molecule has 0 N–H and O–H groups in total. The van der Waals surface area contributed by atoms with Gasteiger partial charge in [-0.05, 0) is 68.1 Å². The average molecular weight is 642 g/mol.